The second-order valence-electron chi connectivity index (χ2n) is 7.88. The van der Waals surface area contributed by atoms with Gasteiger partial charge in [-0.2, -0.15) is 19.6 Å². The predicted molar refractivity (Wildman–Crippen MR) is 120 cm³/mol. The van der Waals surface area contributed by atoms with Gasteiger partial charge >= 0.3 is 0 Å². The maximum Gasteiger partial charge on any atom is 0.233 e. The molecule has 31 heavy (non-hydrogen) atoms. The number of benzene rings is 1. The Morgan fingerprint density at radius 2 is 1.97 bits per heavy atom. The molecule has 1 atom stereocenters. The minimum atomic E-state index is -3.26. The van der Waals surface area contributed by atoms with E-state index in [1.54, 1.807) is 35.0 Å². The number of nitrogens with one attached hydrogen (secondary N) is 1. The lowest BCUT2D eigenvalue weighted by Crippen LogP contribution is -2.41. The first-order valence-corrected chi connectivity index (χ1v) is 12.5. The molecule has 0 spiro atoms. The Balaban J connectivity index is 1.74. The molecule has 166 valence electrons. The van der Waals surface area contributed by atoms with Gasteiger partial charge in [0.05, 0.1) is 11.1 Å². The van der Waals surface area contributed by atoms with E-state index in [-0.39, 0.29) is 17.5 Å². The fraction of sp³-hybridized carbons (Fsp3) is 0.476. The highest BCUT2D eigenvalue weighted by atomic mass is 32.2. The maximum atomic E-state index is 11.7. The van der Waals surface area contributed by atoms with E-state index in [4.69, 9.17) is 9.97 Å². The van der Waals surface area contributed by atoms with Gasteiger partial charge in [-0.15, -0.1) is 0 Å². The van der Waals surface area contributed by atoms with Gasteiger partial charge in [-0.05, 0) is 56.4 Å². The molecule has 1 aliphatic heterocycles. The quantitative estimate of drug-likeness (QED) is 0.572. The van der Waals surface area contributed by atoms with E-state index in [1.165, 1.54) is 6.26 Å². The van der Waals surface area contributed by atoms with Crippen molar-refractivity contribution in [1.82, 2.24) is 19.6 Å². The van der Waals surface area contributed by atoms with Crippen molar-refractivity contribution < 1.29 is 13.5 Å². The number of aliphatic hydroxyl groups is 1. The molecule has 3 heterocycles. The van der Waals surface area contributed by atoms with Crippen molar-refractivity contribution in [3.8, 4) is 0 Å². The molecule has 4 rings (SSSR count). The smallest absolute Gasteiger partial charge is 0.233 e. The van der Waals surface area contributed by atoms with E-state index < -0.39 is 9.84 Å². The average molecular weight is 445 g/mol. The summed E-state index contributed by atoms with van der Waals surface area (Å²) < 4.78 is 25.2. The Bertz CT molecular complexity index is 1160. The average Bonchev–Trinajstić information content (AvgIpc) is 3.17. The van der Waals surface area contributed by atoms with Crippen LogP contribution in [0, 0.1) is 0 Å². The molecule has 1 aromatic carbocycles. The summed E-state index contributed by atoms with van der Waals surface area (Å²) in [6.07, 6.45) is 7.66. The lowest BCUT2D eigenvalue weighted by Gasteiger charge is -2.35. The van der Waals surface area contributed by atoms with Gasteiger partial charge in [-0.25, -0.2) is 8.42 Å². The van der Waals surface area contributed by atoms with Crippen molar-refractivity contribution in [3.63, 3.8) is 0 Å². The van der Waals surface area contributed by atoms with Crippen molar-refractivity contribution in [1.29, 1.82) is 0 Å². The van der Waals surface area contributed by atoms with Crippen molar-refractivity contribution >= 4 is 33.1 Å². The van der Waals surface area contributed by atoms with E-state index >= 15 is 0 Å². The van der Waals surface area contributed by atoms with Crippen LogP contribution in [0.4, 0.5) is 17.6 Å². The van der Waals surface area contributed by atoms with E-state index in [9.17, 15) is 13.5 Å². The highest BCUT2D eigenvalue weighted by molar-refractivity contribution is 7.90. The standard InChI is InChI=1S/C21H28N6O3S/c1-3-15-14-22-27-19(15)24-20(26-12-5-4-6-17(26)11-13-28)25-21(27)23-16-7-9-18(10-8-16)31(2,29)30/h7-10,14,17,28H,3-6,11-13H2,1-2H3,(H,23,24,25)/t17-/m0/s1. The van der Waals surface area contributed by atoms with Gasteiger partial charge in [0.1, 0.15) is 0 Å². The second-order valence-corrected chi connectivity index (χ2v) is 9.90. The van der Waals surface area contributed by atoms with Crippen LogP contribution in [0.3, 0.4) is 0 Å². The summed E-state index contributed by atoms with van der Waals surface area (Å²) in [6.45, 7) is 3.04. The minimum absolute atomic E-state index is 0.133. The van der Waals surface area contributed by atoms with Crippen LogP contribution >= 0.6 is 0 Å². The molecule has 0 saturated carbocycles. The normalized spacial score (nSPS) is 17.3. The molecule has 0 radical (unpaired) electrons. The molecule has 2 aromatic heterocycles. The molecular formula is C21H28N6O3S. The molecule has 0 amide bonds. The summed E-state index contributed by atoms with van der Waals surface area (Å²) in [7, 11) is -3.26. The van der Waals surface area contributed by atoms with Crippen molar-refractivity contribution in [2.24, 2.45) is 0 Å². The summed E-state index contributed by atoms with van der Waals surface area (Å²) in [5.41, 5.74) is 2.48. The number of hydrogen-bond donors (Lipinski definition) is 2. The highest BCUT2D eigenvalue weighted by Gasteiger charge is 2.26. The van der Waals surface area contributed by atoms with Crippen LogP contribution < -0.4 is 10.2 Å². The third-order valence-corrected chi connectivity index (χ3v) is 6.82. The van der Waals surface area contributed by atoms with E-state index in [2.05, 4.69) is 22.2 Å². The summed E-state index contributed by atoms with van der Waals surface area (Å²) >= 11 is 0. The number of sulfone groups is 1. The van der Waals surface area contributed by atoms with Crippen LogP contribution in [-0.4, -0.2) is 58.6 Å². The number of aliphatic hydroxyl groups excluding tert-OH is 1. The first-order valence-electron chi connectivity index (χ1n) is 10.6. The molecule has 1 saturated heterocycles. The van der Waals surface area contributed by atoms with Crippen molar-refractivity contribution in [2.75, 3.05) is 29.6 Å². The van der Waals surface area contributed by atoms with Gasteiger partial charge in [-0.1, -0.05) is 6.92 Å². The third-order valence-electron chi connectivity index (χ3n) is 5.70. The predicted octanol–water partition coefficient (Wildman–Crippen LogP) is 2.58. The lowest BCUT2D eigenvalue weighted by atomic mass is 10.0. The second kappa shape index (κ2) is 8.80. The Morgan fingerprint density at radius 1 is 1.19 bits per heavy atom. The van der Waals surface area contributed by atoms with Gasteiger partial charge < -0.3 is 15.3 Å². The third kappa shape index (κ3) is 4.49. The first kappa shape index (κ1) is 21.5. The minimum Gasteiger partial charge on any atom is -0.396 e. The monoisotopic (exact) mass is 444 g/mol. The number of hydrogen-bond acceptors (Lipinski definition) is 8. The fourth-order valence-electron chi connectivity index (χ4n) is 4.00. The van der Waals surface area contributed by atoms with Crippen molar-refractivity contribution in [3.05, 3.63) is 36.0 Å². The molecule has 0 aliphatic carbocycles. The molecule has 2 N–H and O–H groups in total. The summed E-state index contributed by atoms with van der Waals surface area (Å²) in [5, 5.41) is 17.2. The molecule has 3 aromatic rings. The molecule has 1 aliphatic rings. The summed E-state index contributed by atoms with van der Waals surface area (Å²) in [5.74, 6) is 1.14. The largest absolute Gasteiger partial charge is 0.396 e. The zero-order chi connectivity index (χ0) is 22.0. The van der Waals surface area contributed by atoms with Crippen LogP contribution in [0.25, 0.3) is 5.65 Å². The summed E-state index contributed by atoms with van der Waals surface area (Å²) in [4.78, 5) is 12.0. The van der Waals surface area contributed by atoms with Crippen LogP contribution in [0.5, 0.6) is 0 Å². The molecule has 0 unspecified atom stereocenters. The topological polar surface area (TPSA) is 113 Å². The zero-order valence-electron chi connectivity index (χ0n) is 17.8. The van der Waals surface area contributed by atoms with E-state index in [1.807, 2.05) is 0 Å². The Hall–Kier alpha value is -2.72. The zero-order valence-corrected chi connectivity index (χ0v) is 18.6. The molecule has 0 bridgehead atoms. The number of fused-ring (bicyclic) bond motifs is 1. The van der Waals surface area contributed by atoms with Crippen molar-refractivity contribution in [2.45, 2.75) is 50.0 Å². The summed E-state index contributed by atoms with van der Waals surface area (Å²) in [6, 6.07) is 6.77. The van der Waals surface area contributed by atoms with Gasteiger partial charge in [0.15, 0.2) is 15.5 Å². The number of rotatable bonds is 7. The molecular weight excluding hydrogens is 416 g/mol. The van der Waals surface area contributed by atoms with Gasteiger partial charge in [0.25, 0.3) is 0 Å². The van der Waals surface area contributed by atoms with Gasteiger partial charge in [-0.3, -0.25) is 0 Å². The van der Waals surface area contributed by atoms with Crippen LogP contribution in [0.1, 0.15) is 38.2 Å². The Labute approximate surface area is 182 Å². The van der Waals surface area contributed by atoms with E-state index in [0.717, 1.165) is 43.4 Å². The number of anilines is 3. The Kier molecular flexibility index (Phi) is 6.10. The number of piperidine rings is 1. The van der Waals surface area contributed by atoms with E-state index in [0.29, 0.717) is 24.0 Å². The van der Waals surface area contributed by atoms with Gasteiger partial charge in [0, 0.05) is 36.7 Å². The SMILES string of the molecule is CCc1cnn2c(Nc3ccc(S(C)(=O)=O)cc3)nc(N3CCCC[C@H]3CCO)nc12. The lowest BCUT2D eigenvalue weighted by molar-refractivity contribution is 0.261. The highest BCUT2D eigenvalue weighted by Crippen LogP contribution is 2.27. The first-order chi connectivity index (χ1) is 14.9. The fourth-order valence-corrected chi connectivity index (χ4v) is 4.63. The number of aryl methyl sites for hydroxylation is 1. The molecule has 1 fully saturated rings. The van der Waals surface area contributed by atoms with Crippen LogP contribution in [-0.2, 0) is 16.3 Å². The molecule has 9 nitrogen and oxygen atoms in total. The number of aromatic nitrogens is 4. The maximum absolute atomic E-state index is 11.7. The van der Waals surface area contributed by atoms with Crippen LogP contribution in [0.2, 0.25) is 0 Å². The van der Waals surface area contributed by atoms with Crippen LogP contribution in [0.15, 0.2) is 35.4 Å². The molecule has 10 heteroatoms. The number of nitrogens with zero attached hydrogens (tertiary/aromatic N) is 5. The Morgan fingerprint density at radius 3 is 2.65 bits per heavy atom. The van der Waals surface area contributed by atoms with Gasteiger partial charge in [0.2, 0.25) is 11.9 Å².